The Morgan fingerprint density at radius 3 is 2.50 bits per heavy atom. The van der Waals surface area contributed by atoms with Crippen LogP contribution in [0.2, 0.25) is 0 Å². The predicted molar refractivity (Wildman–Crippen MR) is 101 cm³/mol. The van der Waals surface area contributed by atoms with E-state index in [-0.39, 0.29) is 11.4 Å². The van der Waals surface area contributed by atoms with Crippen LogP contribution < -0.4 is 5.73 Å². The summed E-state index contributed by atoms with van der Waals surface area (Å²) in [7, 11) is 0. The molecule has 0 bridgehead atoms. The van der Waals surface area contributed by atoms with Crippen molar-refractivity contribution in [1.82, 2.24) is 19.7 Å². The minimum atomic E-state index is -0.248. The number of hydrogen-bond acceptors (Lipinski definition) is 4. The first kappa shape index (κ1) is 16.4. The molecule has 0 fully saturated rings. The number of aromatic nitrogens is 4. The van der Waals surface area contributed by atoms with Gasteiger partial charge in [0.1, 0.15) is 18.0 Å². The standard InChI is InChI=1S/C20H20FN5/c1-20(2,3)26-19-17(18(22)23-11-24-19)16(25-26)10-12-8-9-15(21)14-7-5-4-6-13(12)14/h4-9,11H,10H2,1-3H3,(H2,22,23,24). The topological polar surface area (TPSA) is 69.6 Å². The van der Waals surface area contributed by atoms with Crippen molar-refractivity contribution in [2.24, 2.45) is 0 Å². The Balaban J connectivity index is 1.93. The summed E-state index contributed by atoms with van der Waals surface area (Å²) in [6.07, 6.45) is 1.98. The van der Waals surface area contributed by atoms with Crippen LogP contribution in [0, 0.1) is 5.82 Å². The Morgan fingerprint density at radius 2 is 1.77 bits per heavy atom. The number of anilines is 1. The number of halogens is 1. The summed E-state index contributed by atoms with van der Waals surface area (Å²) in [4.78, 5) is 8.53. The minimum Gasteiger partial charge on any atom is -0.383 e. The maximum absolute atomic E-state index is 14.1. The summed E-state index contributed by atoms with van der Waals surface area (Å²) in [5.41, 5.74) is 8.39. The summed E-state index contributed by atoms with van der Waals surface area (Å²) in [6.45, 7) is 6.19. The number of nitrogen functional groups attached to an aromatic ring is 1. The molecule has 0 saturated carbocycles. The molecule has 0 spiro atoms. The first-order valence-electron chi connectivity index (χ1n) is 8.51. The lowest BCUT2D eigenvalue weighted by Gasteiger charge is -2.19. The van der Waals surface area contributed by atoms with Gasteiger partial charge in [-0.1, -0.05) is 30.3 Å². The highest BCUT2D eigenvalue weighted by molar-refractivity contribution is 5.90. The van der Waals surface area contributed by atoms with Gasteiger partial charge in [0.25, 0.3) is 0 Å². The van der Waals surface area contributed by atoms with Gasteiger partial charge in [-0.3, -0.25) is 0 Å². The van der Waals surface area contributed by atoms with Crippen LogP contribution in [-0.4, -0.2) is 19.7 Å². The Labute approximate surface area is 150 Å². The summed E-state index contributed by atoms with van der Waals surface area (Å²) in [5.74, 6) is 0.184. The fourth-order valence-corrected chi connectivity index (χ4v) is 3.30. The molecule has 2 heterocycles. The van der Waals surface area contributed by atoms with Crippen molar-refractivity contribution < 1.29 is 4.39 Å². The molecule has 0 amide bonds. The zero-order valence-electron chi connectivity index (χ0n) is 15.0. The summed E-state index contributed by atoms with van der Waals surface area (Å²) < 4.78 is 16.0. The molecular weight excluding hydrogens is 329 g/mol. The van der Waals surface area contributed by atoms with Crippen molar-refractivity contribution in [1.29, 1.82) is 0 Å². The van der Waals surface area contributed by atoms with Gasteiger partial charge in [0.05, 0.1) is 16.6 Å². The van der Waals surface area contributed by atoms with Crippen LogP contribution in [0.3, 0.4) is 0 Å². The van der Waals surface area contributed by atoms with Crippen molar-refractivity contribution in [3.63, 3.8) is 0 Å². The normalized spacial score (nSPS) is 12.2. The van der Waals surface area contributed by atoms with E-state index >= 15 is 0 Å². The van der Waals surface area contributed by atoms with E-state index in [4.69, 9.17) is 10.8 Å². The van der Waals surface area contributed by atoms with Gasteiger partial charge in [-0.25, -0.2) is 19.0 Å². The van der Waals surface area contributed by atoms with Gasteiger partial charge < -0.3 is 5.73 Å². The average molecular weight is 349 g/mol. The van der Waals surface area contributed by atoms with Crippen molar-refractivity contribution >= 4 is 27.6 Å². The maximum atomic E-state index is 14.1. The average Bonchev–Trinajstić information content (AvgIpc) is 2.98. The second-order valence-corrected chi connectivity index (χ2v) is 7.42. The Hall–Kier alpha value is -3.02. The van der Waals surface area contributed by atoms with E-state index in [0.717, 1.165) is 22.0 Å². The first-order valence-corrected chi connectivity index (χ1v) is 8.51. The maximum Gasteiger partial charge on any atom is 0.164 e. The second kappa shape index (κ2) is 5.76. The highest BCUT2D eigenvalue weighted by Gasteiger charge is 2.23. The molecule has 0 atom stereocenters. The zero-order valence-corrected chi connectivity index (χ0v) is 15.0. The van der Waals surface area contributed by atoms with E-state index in [0.29, 0.717) is 23.3 Å². The van der Waals surface area contributed by atoms with Crippen LogP contribution in [0.25, 0.3) is 21.8 Å². The van der Waals surface area contributed by atoms with Crippen LogP contribution >= 0.6 is 0 Å². The lowest BCUT2D eigenvalue weighted by Crippen LogP contribution is -2.23. The predicted octanol–water partition coefficient (Wildman–Crippen LogP) is 4.05. The molecular formula is C20H20FN5. The number of hydrogen-bond donors (Lipinski definition) is 1. The summed E-state index contributed by atoms with van der Waals surface area (Å²) >= 11 is 0. The highest BCUT2D eigenvalue weighted by atomic mass is 19.1. The lowest BCUT2D eigenvalue weighted by molar-refractivity contribution is 0.363. The molecule has 26 heavy (non-hydrogen) atoms. The molecule has 0 unspecified atom stereocenters. The third-order valence-electron chi connectivity index (χ3n) is 4.52. The molecule has 132 valence electrons. The molecule has 0 aliphatic carbocycles. The third kappa shape index (κ3) is 2.58. The zero-order chi connectivity index (χ0) is 18.5. The molecule has 4 aromatic rings. The van der Waals surface area contributed by atoms with Gasteiger partial charge in [-0.2, -0.15) is 5.10 Å². The molecule has 2 N–H and O–H groups in total. The summed E-state index contributed by atoms with van der Waals surface area (Å²) in [6, 6.07) is 10.8. The van der Waals surface area contributed by atoms with Crippen LogP contribution in [-0.2, 0) is 12.0 Å². The van der Waals surface area contributed by atoms with E-state index < -0.39 is 0 Å². The quantitative estimate of drug-likeness (QED) is 0.593. The number of nitrogens with zero attached hydrogens (tertiary/aromatic N) is 4. The molecule has 0 radical (unpaired) electrons. The van der Waals surface area contributed by atoms with Crippen LogP contribution in [0.15, 0.2) is 42.7 Å². The lowest BCUT2D eigenvalue weighted by atomic mass is 9.99. The SMILES string of the molecule is CC(C)(C)n1nc(Cc2ccc(F)c3ccccc23)c2c(N)ncnc21. The molecule has 2 aromatic carbocycles. The number of benzene rings is 2. The highest BCUT2D eigenvalue weighted by Crippen LogP contribution is 2.30. The van der Waals surface area contributed by atoms with E-state index in [1.807, 2.05) is 22.9 Å². The van der Waals surface area contributed by atoms with E-state index in [2.05, 4.69) is 30.7 Å². The molecule has 4 rings (SSSR count). The van der Waals surface area contributed by atoms with Crippen LogP contribution in [0.4, 0.5) is 10.2 Å². The van der Waals surface area contributed by atoms with Crippen molar-refractivity contribution in [2.75, 3.05) is 5.73 Å². The van der Waals surface area contributed by atoms with Crippen molar-refractivity contribution in [3.05, 3.63) is 59.8 Å². The van der Waals surface area contributed by atoms with Crippen LogP contribution in [0.5, 0.6) is 0 Å². The number of fused-ring (bicyclic) bond motifs is 2. The summed E-state index contributed by atoms with van der Waals surface area (Å²) in [5, 5.41) is 7.03. The number of nitrogens with two attached hydrogens (primary N) is 1. The van der Waals surface area contributed by atoms with E-state index in [1.54, 1.807) is 12.1 Å². The molecule has 0 aliphatic heterocycles. The van der Waals surface area contributed by atoms with Gasteiger partial charge in [0, 0.05) is 11.8 Å². The molecule has 0 aliphatic rings. The fraction of sp³-hybridized carbons (Fsp3) is 0.250. The van der Waals surface area contributed by atoms with Gasteiger partial charge >= 0.3 is 0 Å². The Morgan fingerprint density at radius 1 is 1.04 bits per heavy atom. The molecule has 2 aromatic heterocycles. The molecule has 5 nitrogen and oxygen atoms in total. The molecule has 0 saturated heterocycles. The fourth-order valence-electron chi connectivity index (χ4n) is 3.30. The Bertz CT molecular complexity index is 1120. The van der Waals surface area contributed by atoms with E-state index in [1.165, 1.54) is 12.4 Å². The molecule has 6 heteroatoms. The Kier molecular flexibility index (Phi) is 3.64. The van der Waals surface area contributed by atoms with Crippen molar-refractivity contribution in [2.45, 2.75) is 32.7 Å². The van der Waals surface area contributed by atoms with Gasteiger partial charge in [0.15, 0.2) is 5.65 Å². The van der Waals surface area contributed by atoms with Gasteiger partial charge in [-0.05, 0) is 37.8 Å². The van der Waals surface area contributed by atoms with Gasteiger partial charge in [0.2, 0.25) is 0 Å². The van der Waals surface area contributed by atoms with Gasteiger partial charge in [-0.15, -0.1) is 0 Å². The largest absolute Gasteiger partial charge is 0.383 e. The first-order chi connectivity index (χ1) is 12.4. The second-order valence-electron chi connectivity index (χ2n) is 7.42. The minimum absolute atomic E-state index is 0.225. The third-order valence-corrected chi connectivity index (χ3v) is 4.52. The van der Waals surface area contributed by atoms with Crippen LogP contribution in [0.1, 0.15) is 32.0 Å². The monoisotopic (exact) mass is 349 g/mol. The van der Waals surface area contributed by atoms with E-state index in [9.17, 15) is 4.39 Å². The smallest absolute Gasteiger partial charge is 0.164 e. The van der Waals surface area contributed by atoms with Crippen molar-refractivity contribution in [3.8, 4) is 0 Å². The number of rotatable bonds is 2.